The average Bonchev–Trinajstić information content (AvgIpc) is 2.95. The first-order chi connectivity index (χ1) is 11.3. The summed E-state index contributed by atoms with van der Waals surface area (Å²) in [6.45, 7) is 0. The lowest BCUT2D eigenvalue weighted by molar-refractivity contribution is 0.461. The molecule has 2 aromatic heterocycles. The first-order valence-electron chi connectivity index (χ1n) is 8.31. The van der Waals surface area contributed by atoms with Gasteiger partial charge in [0.2, 0.25) is 0 Å². The Morgan fingerprint density at radius 2 is 1.78 bits per heavy atom. The Morgan fingerprint density at radius 1 is 1.00 bits per heavy atom. The zero-order valence-corrected chi connectivity index (χ0v) is 13.0. The highest BCUT2D eigenvalue weighted by molar-refractivity contribution is 5.77. The van der Waals surface area contributed by atoms with E-state index >= 15 is 0 Å². The SMILES string of the molecule is Fc1ccccc1-c1nc2ccccn2c1NC1CCCCC1. The van der Waals surface area contributed by atoms with Gasteiger partial charge in [-0.25, -0.2) is 9.37 Å². The molecule has 1 aromatic carbocycles. The van der Waals surface area contributed by atoms with E-state index in [1.807, 2.05) is 34.9 Å². The van der Waals surface area contributed by atoms with Gasteiger partial charge in [0.15, 0.2) is 0 Å². The van der Waals surface area contributed by atoms with Crippen LogP contribution in [0.1, 0.15) is 32.1 Å². The predicted molar refractivity (Wildman–Crippen MR) is 91.1 cm³/mol. The van der Waals surface area contributed by atoms with E-state index in [0.717, 1.165) is 24.3 Å². The van der Waals surface area contributed by atoms with Gasteiger partial charge in [-0.1, -0.05) is 37.5 Å². The van der Waals surface area contributed by atoms with E-state index in [1.165, 1.54) is 25.3 Å². The molecule has 0 bridgehead atoms. The van der Waals surface area contributed by atoms with Crippen molar-refractivity contribution < 1.29 is 4.39 Å². The molecule has 1 N–H and O–H groups in total. The smallest absolute Gasteiger partial charge is 0.139 e. The van der Waals surface area contributed by atoms with Crippen LogP contribution >= 0.6 is 0 Å². The van der Waals surface area contributed by atoms with Gasteiger partial charge in [-0.2, -0.15) is 0 Å². The van der Waals surface area contributed by atoms with Crippen molar-refractivity contribution in [2.24, 2.45) is 0 Å². The van der Waals surface area contributed by atoms with Crippen LogP contribution in [0, 0.1) is 5.82 Å². The van der Waals surface area contributed by atoms with E-state index in [2.05, 4.69) is 10.3 Å². The van der Waals surface area contributed by atoms with Gasteiger partial charge >= 0.3 is 0 Å². The summed E-state index contributed by atoms with van der Waals surface area (Å²) in [6, 6.07) is 13.2. The molecular formula is C19H20FN3. The Labute approximate surface area is 135 Å². The molecule has 3 nitrogen and oxygen atoms in total. The van der Waals surface area contributed by atoms with E-state index in [-0.39, 0.29) is 5.82 Å². The van der Waals surface area contributed by atoms with Crippen LogP contribution in [0.4, 0.5) is 10.2 Å². The largest absolute Gasteiger partial charge is 0.367 e. The van der Waals surface area contributed by atoms with Crippen LogP contribution in [0.3, 0.4) is 0 Å². The normalized spacial score (nSPS) is 15.9. The van der Waals surface area contributed by atoms with Crippen molar-refractivity contribution in [2.75, 3.05) is 5.32 Å². The Hall–Kier alpha value is -2.36. The minimum Gasteiger partial charge on any atom is -0.367 e. The maximum Gasteiger partial charge on any atom is 0.139 e. The molecule has 0 aliphatic heterocycles. The fraction of sp³-hybridized carbons (Fsp3) is 0.316. The summed E-state index contributed by atoms with van der Waals surface area (Å²) in [7, 11) is 0. The van der Waals surface area contributed by atoms with E-state index in [1.54, 1.807) is 12.1 Å². The molecule has 1 fully saturated rings. The topological polar surface area (TPSA) is 29.3 Å². The Kier molecular flexibility index (Phi) is 3.74. The number of anilines is 1. The number of hydrogen-bond donors (Lipinski definition) is 1. The molecular weight excluding hydrogens is 289 g/mol. The number of halogens is 1. The number of nitrogens with one attached hydrogen (secondary N) is 1. The van der Waals surface area contributed by atoms with Crippen LogP contribution in [0.5, 0.6) is 0 Å². The Bertz CT molecular complexity index is 818. The van der Waals surface area contributed by atoms with Crippen LogP contribution in [0.15, 0.2) is 48.7 Å². The summed E-state index contributed by atoms with van der Waals surface area (Å²) < 4.78 is 16.3. The minimum atomic E-state index is -0.234. The molecule has 0 radical (unpaired) electrons. The van der Waals surface area contributed by atoms with E-state index in [4.69, 9.17) is 0 Å². The lowest BCUT2D eigenvalue weighted by atomic mass is 9.95. The van der Waals surface area contributed by atoms with Crippen LogP contribution in [-0.4, -0.2) is 15.4 Å². The van der Waals surface area contributed by atoms with Crippen molar-refractivity contribution in [1.29, 1.82) is 0 Å². The molecule has 0 unspecified atom stereocenters. The lowest BCUT2D eigenvalue weighted by Crippen LogP contribution is -2.23. The van der Waals surface area contributed by atoms with Gasteiger partial charge < -0.3 is 5.32 Å². The molecule has 2 heterocycles. The average molecular weight is 309 g/mol. The van der Waals surface area contributed by atoms with Gasteiger partial charge in [0.05, 0.1) is 0 Å². The zero-order chi connectivity index (χ0) is 15.6. The van der Waals surface area contributed by atoms with Crippen LogP contribution in [0.2, 0.25) is 0 Å². The molecule has 1 aliphatic carbocycles. The van der Waals surface area contributed by atoms with Crippen molar-refractivity contribution in [3.05, 3.63) is 54.5 Å². The van der Waals surface area contributed by atoms with Gasteiger partial charge in [0, 0.05) is 17.8 Å². The molecule has 0 saturated heterocycles. The standard InChI is InChI=1S/C19H20FN3/c20-16-11-5-4-10-15(16)18-19(21-14-8-2-1-3-9-14)23-13-7-6-12-17(23)22-18/h4-7,10-14,21H,1-3,8-9H2. The molecule has 118 valence electrons. The summed E-state index contributed by atoms with van der Waals surface area (Å²) in [4.78, 5) is 4.67. The van der Waals surface area contributed by atoms with Gasteiger partial charge in [-0.05, 0) is 37.1 Å². The lowest BCUT2D eigenvalue weighted by Gasteiger charge is -2.24. The first kappa shape index (κ1) is 14.2. The van der Waals surface area contributed by atoms with Gasteiger partial charge in [0.1, 0.15) is 23.0 Å². The van der Waals surface area contributed by atoms with Gasteiger partial charge in [0.25, 0.3) is 0 Å². The number of benzene rings is 1. The Balaban J connectivity index is 1.83. The van der Waals surface area contributed by atoms with Crippen molar-refractivity contribution >= 4 is 11.5 Å². The maximum absolute atomic E-state index is 14.3. The number of hydrogen-bond acceptors (Lipinski definition) is 2. The van der Waals surface area contributed by atoms with Crippen molar-refractivity contribution in [3.63, 3.8) is 0 Å². The summed E-state index contributed by atoms with van der Waals surface area (Å²) in [5.74, 6) is 0.667. The molecule has 3 aromatic rings. The third-order valence-corrected chi connectivity index (χ3v) is 4.60. The first-order valence-corrected chi connectivity index (χ1v) is 8.31. The van der Waals surface area contributed by atoms with Crippen LogP contribution < -0.4 is 5.32 Å². The summed E-state index contributed by atoms with van der Waals surface area (Å²) >= 11 is 0. The highest BCUT2D eigenvalue weighted by Crippen LogP contribution is 2.32. The summed E-state index contributed by atoms with van der Waals surface area (Å²) in [5, 5.41) is 3.63. The highest BCUT2D eigenvalue weighted by Gasteiger charge is 2.20. The second-order valence-electron chi connectivity index (χ2n) is 6.20. The van der Waals surface area contributed by atoms with Gasteiger partial charge in [-0.15, -0.1) is 0 Å². The van der Waals surface area contributed by atoms with E-state index < -0.39 is 0 Å². The number of fused-ring (bicyclic) bond motifs is 1. The molecule has 1 aliphatic rings. The number of nitrogens with zero attached hydrogens (tertiary/aromatic N) is 2. The molecule has 0 spiro atoms. The Morgan fingerprint density at radius 3 is 2.61 bits per heavy atom. The zero-order valence-electron chi connectivity index (χ0n) is 13.0. The molecule has 4 heteroatoms. The quantitative estimate of drug-likeness (QED) is 0.746. The van der Waals surface area contributed by atoms with Crippen molar-refractivity contribution in [3.8, 4) is 11.3 Å². The monoisotopic (exact) mass is 309 g/mol. The second-order valence-corrected chi connectivity index (χ2v) is 6.20. The molecule has 1 saturated carbocycles. The molecule has 0 amide bonds. The maximum atomic E-state index is 14.3. The number of pyridine rings is 1. The van der Waals surface area contributed by atoms with E-state index in [9.17, 15) is 4.39 Å². The fourth-order valence-corrected chi connectivity index (χ4v) is 3.42. The van der Waals surface area contributed by atoms with Crippen molar-refractivity contribution in [1.82, 2.24) is 9.38 Å². The number of aromatic nitrogens is 2. The minimum absolute atomic E-state index is 0.234. The fourth-order valence-electron chi connectivity index (χ4n) is 3.42. The number of rotatable bonds is 3. The summed E-state index contributed by atoms with van der Waals surface area (Å²) in [5.41, 5.74) is 2.08. The van der Waals surface area contributed by atoms with Crippen LogP contribution in [-0.2, 0) is 0 Å². The third kappa shape index (κ3) is 2.69. The summed E-state index contributed by atoms with van der Waals surface area (Å²) in [6.07, 6.45) is 8.13. The third-order valence-electron chi connectivity index (χ3n) is 4.60. The molecule has 23 heavy (non-hydrogen) atoms. The number of imidazole rings is 1. The molecule has 4 rings (SSSR count). The highest BCUT2D eigenvalue weighted by atomic mass is 19.1. The second kappa shape index (κ2) is 6.03. The predicted octanol–water partition coefficient (Wildman–Crippen LogP) is 4.89. The van der Waals surface area contributed by atoms with Crippen molar-refractivity contribution in [2.45, 2.75) is 38.1 Å². The molecule has 0 atom stereocenters. The van der Waals surface area contributed by atoms with Crippen LogP contribution in [0.25, 0.3) is 16.9 Å². The van der Waals surface area contributed by atoms with E-state index in [0.29, 0.717) is 17.3 Å². The van der Waals surface area contributed by atoms with Gasteiger partial charge in [-0.3, -0.25) is 4.40 Å².